The Morgan fingerprint density at radius 3 is 2.53 bits per heavy atom. The summed E-state index contributed by atoms with van der Waals surface area (Å²) in [7, 11) is 0. The summed E-state index contributed by atoms with van der Waals surface area (Å²) in [5.41, 5.74) is 2.70. The second-order valence-corrected chi connectivity index (χ2v) is 7.77. The molecule has 1 heterocycles. The number of benzene rings is 2. The van der Waals surface area contributed by atoms with Crippen molar-refractivity contribution in [3.63, 3.8) is 0 Å². The lowest BCUT2D eigenvalue weighted by atomic mass is 10.1. The van der Waals surface area contributed by atoms with Crippen molar-refractivity contribution < 1.29 is 14.0 Å². The highest BCUT2D eigenvalue weighted by Gasteiger charge is 2.43. The van der Waals surface area contributed by atoms with Gasteiger partial charge in [-0.3, -0.25) is 9.59 Å². The first-order valence-corrected chi connectivity index (χ1v) is 10.4. The molecule has 0 aliphatic heterocycles. The number of hydrogen-bond donors (Lipinski definition) is 1. The maximum Gasteiger partial charge on any atom is 0.242 e. The van der Waals surface area contributed by atoms with Gasteiger partial charge in [0.1, 0.15) is 12.4 Å². The molecule has 6 heteroatoms. The standard InChI is InChI=1S/C24H26FN3O2/c1-3-27(4-2)23(29)15-28-12-11-17-13-19(9-10-22(17)28)26-24(30)21-14-20(21)16-5-7-18(25)8-6-16/h5-13,20-21H,3-4,14-15H2,1-2H3,(H,26,30). The van der Waals surface area contributed by atoms with Gasteiger partial charge in [-0.1, -0.05) is 12.1 Å². The summed E-state index contributed by atoms with van der Waals surface area (Å²) in [6.07, 6.45) is 2.69. The monoisotopic (exact) mass is 407 g/mol. The van der Waals surface area contributed by atoms with Gasteiger partial charge in [0.05, 0.1) is 0 Å². The molecule has 1 fully saturated rings. The van der Waals surface area contributed by atoms with Gasteiger partial charge in [-0.05, 0) is 68.1 Å². The number of nitrogens with one attached hydrogen (secondary N) is 1. The zero-order valence-corrected chi connectivity index (χ0v) is 17.3. The molecule has 2 amide bonds. The molecule has 2 unspecified atom stereocenters. The van der Waals surface area contributed by atoms with E-state index >= 15 is 0 Å². The van der Waals surface area contributed by atoms with Crippen molar-refractivity contribution in [2.45, 2.75) is 32.7 Å². The van der Waals surface area contributed by atoms with Crippen LogP contribution in [0.25, 0.3) is 10.9 Å². The zero-order valence-electron chi connectivity index (χ0n) is 17.3. The topological polar surface area (TPSA) is 54.3 Å². The third kappa shape index (κ3) is 4.08. The Morgan fingerprint density at radius 2 is 1.83 bits per heavy atom. The van der Waals surface area contributed by atoms with Gasteiger partial charge in [-0.15, -0.1) is 0 Å². The lowest BCUT2D eigenvalue weighted by molar-refractivity contribution is -0.131. The summed E-state index contributed by atoms with van der Waals surface area (Å²) in [5.74, 6) is -0.112. The van der Waals surface area contributed by atoms with Crippen LogP contribution in [0.1, 0.15) is 31.7 Å². The van der Waals surface area contributed by atoms with Crippen LogP contribution in [0, 0.1) is 11.7 Å². The number of likely N-dealkylation sites (N-methyl/N-ethyl adjacent to an activating group) is 1. The second-order valence-electron chi connectivity index (χ2n) is 7.77. The number of amides is 2. The Balaban J connectivity index is 1.41. The smallest absolute Gasteiger partial charge is 0.242 e. The van der Waals surface area contributed by atoms with Crippen LogP contribution in [0.5, 0.6) is 0 Å². The Labute approximate surface area is 175 Å². The van der Waals surface area contributed by atoms with E-state index < -0.39 is 0 Å². The number of anilines is 1. The zero-order chi connectivity index (χ0) is 21.3. The fourth-order valence-corrected chi connectivity index (χ4v) is 4.04. The number of fused-ring (bicyclic) bond motifs is 1. The van der Waals surface area contributed by atoms with Gasteiger partial charge in [0.2, 0.25) is 11.8 Å². The number of nitrogens with zero attached hydrogens (tertiary/aromatic N) is 2. The fraction of sp³-hybridized carbons (Fsp3) is 0.333. The lowest BCUT2D eigenvalue weighted by Gasteiger charge is -2.19. The first kappa shape index (κ1) is 20.1. The molecular weight excluding hydrogens is 381 g/mol. The molecule has 1 N–H and O–H groups in total. The molecule has 0 spiro atoms. The number of carbonyl (C=O) groups is 2. The predicted molar refractivity (Wildman–Crippen MR) is 116 cm³/mol. The van der Waals surface area contributed by atoms with Crippen molar-refractivity contribution in [1.82, 2.24) is 9.47 Å². The first-order valence-electron chi connectivity index (χ1n) is 10.4. The molecule has 0 saturated heterocycles. The highest BCUT2D eigenvalue weighted by molar-refractivity contribution is 5.97. The summed E-state index contributed by atoms with van der Waals surface area (Å²) < 4.78 is 15.0. The highest BCUT2D eigenvalue weighted by Crippen LogP contribution is 2.48. The molecule has 0 bridgehead atoms. The average molecular weight is 407 g/mol. The van der Waals surface area contributed by atoms with Gasteiger partial charge >= 0.3 is 0 Å². The molecule has 5 nitrogen and oxygen atoms in total. The minimum Gasteiger partial charge on any atom is -0.342 e. The van der Waals surface area contributed by atoms with Crippen molar-refractivity contribution >= 4 is 28.4 Å². The van der Waals surface area contributed by atoms with E-state index in [1.807, 2.05) is 53.8 Å². The molecular formula is C24H26FN3O2. The lowest BCUT2D eigenvalue weighted by Crippen LogP contribution is -2.33. The SMILES string of the molecule is CCN(CC)C(=O)Cn1ccc2cc(NC(=O)C3CC3c3ccc(F)cc3)ccc21. The Bertz CT molecular complexity index is 1070. The van der Waals surface area contributed by atoms with Gasteiger partial charge in [-0.2, -0.15) is 0 Å². The molecule has 3 aromatic rings. The van der Waals surface area contributed by atoms with Crippen molar-refractivity contribution in [2.75, 3.05) is 18.4 Å². The highest BCUT2D eigenvalue weighted by atomic mass is 19.1. The van der Waals surface area contributed by atoms with Crippen molar-refractivity contribution in [2.24, 2.45) is 5.92 Å². The maximum absolute atomic E-state index is 13.1. The van der Waals surface area contributed by atoms with Crippen LogP contribution in [0.15, 0.2) is 54.7 Å². The fourth-order valence-electron chi connectivity index (χ4n) is 4.04. The summed E-state index contributed by atoms with van der Waals surface area (Å²) >= 11 is 0. The third-order valence-corrected chi connectivity index (χ3v) is 5.89. The molecule has 1 aliphatic rings. The number of hydrogen-bond acceptors (Lipinski definition) is 2. The largest absolute Gasteiger partial charge is 0.342 e. The maximum atomic E-state index is 13.1. The molecule has 1 aromatic heterocycles. The van der Waals surface area contributed by atoms with E-state index in [2.05, 4.69) is 5.32 Å². The third-order valence-electron chi connectivity index (χ3n) is 5.89. The van der Waals surface area contributed by atoms with E-state index in [9.17, 15) is 14.0 Å². The quantitative estimate of drug-likeness (QED) is 0.632. The van der Waals surface area contributed by atoms with Crippen LogP contribution in [-0.2, 0) is 16.1 Å². The van der Waals surface area contributed by atoms with Crippen LogP contribution in [0.4, 0.5) is 10.1 Å². The molecule has 30 heavy (non-hydrogen) atoms. The van der Waals surface area contributed by atoms with Crippen LogP contribution in [-0.4, -0.2) is 34.4 Å². The van der Waals surface area contributed by atoms with Crippen LogP contribution >= 0.6 is 0 Å². The van der Waals surface area contributed by atoms with Gasteiger partial charge in [-0.25, -0.2) is 4.39 Å². The molecule has 0 radical (unpaired) electrons. The number of rotatable bonds is 7. The Morgan fingerprint density at radius 1 is 1.10 bits per heavy atom. The van der Waals surface area contributed by atoms with Gasteiger partial charge in [0, 0.05) is 41.8 Å². The van der Waals surface area contributed by atoms with E-state index in [1.54, 1.807) is 12.1 Å². The van der Waals surface area contributed by atoms with Gasteiger partial charge in [0.15, 0.2) is 0 Å². The number of halogens is 1. The molecule has 2 aromatic carbocycles. The van der Waals surface area contributed by atoms with Crippen LogP contribution in [0.3, 0.4) is 0 Å². The van der Waals surface area contributed by atoms with E-state index in [0.717, 1.165) is 28.6 Å². The van der Waals surface area contributed by atoms with E-state index in [4.69, 9.17) is 0 Å². The first-order chi connectivity index (χ1) is 14.5. The number of aromatic nitrogens is 1. The van der Waals surface area contributed by atoms with Crippen LogP contribution < -0.4 is 5.32 Å². The molecule has 2 atom stereocenters. The molecule has 1 aliphatic carbocycles. The molecule has 156 valence electrons. The van der Waals surface area contributed by atoms with Crippen molar-refractivity contribution in [3.8, 4) is 0 Å². The van der Waals surface area contributed by atoms with E-state index in [0.29, 0.717) is 19.6 Å². The van der Waals surface area contributed by atoms with Gasteiger partial charge in [0.25, 0.3) is 0 Å². The van der Waals surface area contributed by atoms with Crippen LogP contribution in [0.2, 0.25) is 0 Å². The normalized spacial score (nSPS) is 17.7. The molecule has 1 saturated carbocycles. The summed E-state index contributed by atoms with van der Waals surface area (Å²) in [6.45, 7) is 5.66. The summed E-state index contributed by atoms with van der Waals surface area (Å²) in [4.78, 5) is 26.8. The van der Waals surface area contributed by atoms with E-state index in [1.165, 1.54) is 12.1 Å². The Kier molecular flexibility index (Phi) is 5.57. The van der Waals surface area contributed by atoms with Gasteiger partial charge < -0.3 is 14.8 Å². The van der Waals surface area contributed by atoms with E-state index in [-0.39, 0.29) is 29.5 Å². The van der Waals surface area contributed by atoms with Crippen molar-refractivity contribution in [3.05, 3.63) is 66.1 Å². The predicted octanol–water partition coefficient (Wildman–Crippen LogP) is 4.39. The number of carbonyl (C=O) groups excluding carboxylic acids is 2. The second kappa shape index (κ2) is 8.30. The average Bonchev–Trinajstić information content (AvgIpc) is 3.45. The molecule has 4 rings (SSSR count). The summed E-state index contributed by atoms with van der Waals surface area (Å²) in [6, 6.07) is 14.1. The Hall–Kier alpha value is -3.15. The van der Waals surface area contributed by atoms with Crippen molar-refractivity contribution in [1.29, 1.82) is 0 Å². The minimum absolute atomic E-state index is 0.0141. The summed E-state index contributed by atoms with van der Waals surface area (Å²) in [5, 5.41) is 3.97. The minimum atomic E-state index is -0.264.